The van der Waals surface area contributed by atoms with E-state index in [1.54, 1.807) is 0 Å². The summed E-state index contributed by atoms with van der Waals surface area (Å²) in [5.41, 5.74) is 0. The van der Waals surface area contributed by atoms with Gasteiger partial charge in [0, 0.05) is 6.04 Å². The number of hydrogen-bond donors (Lipinski definition) is 2. The summed E-state index contributed by atoms with van der Waals surface area (Å²) in [6.07, 6.45) is 6.46. The van der Waals surface area contributed by atoms with Gasteiger partial charge in [-0.05, 0) is 18.8 Å². The van der Waals surface area contributed by atoms with Gasteiger partial charge in [-0.2, -0.15) is 0 Å². The topological polar surface area (TPSA) is 58.2 Å². The molecule has 2 amide bonds. The van der Waals surface area contributed by atoms with E-state index in [0.29, 0.717) is 18.4 Å². The Morgan fingerprint density at radius 3 is 2.62 bits per heavy atom. The maximum absolute atomic E-state index is 11.5. The number of carbonyl (C=O) groups excluding carboxylic acids is 2. The van der Waals surface area contributed by atoms with Crippen LogP contribution in [0.1, 0.15) is 45.4 Å². The first-order chi connectivity index (χ1) is 7.66. The molecule has 1 saturated heterocycles. The van der Waals surface area contributed by atoms with E-state index in [4.69, 9.17) is 0 Å². The van der Waals surface area contributed by atoms with Crippen molar-refractivity contribution in [3.8, 4) is 0 Å². The first-order valence-electron chi connectivity index (χ1n) is 6.26. The summed E-state index contributed by atoms with van der Waals surface area (Å²) in [5, 5.41) is 5.70. The van der Waals surface area contributed by atoms with Crippen LogP contribution < -0.4 is 10.6 Å². The molecule has 1 aliphatic heterocycles. The van der Waals surface area contributed by atoms with Crippen LogP contribution in [-0.2, 0) is 9.59 Å². The normalized spacial score (nSPS) is 35.9. The van der Waals surface area contributed by atoms with Crippen LogP contribution in [0.2, 0.25) is 0 Å². The van der Waals surface area contributed by atoms with Gasteiger partial charge < -0.3 is 5.32 Å². The molecular weight excluding hydrogens is 204 g/mol. The van der Waals surface area contributed by atoms with Gasteiger partial charge in [0.2, 0.25) is 11.8 Å². The molecule has 0 aromatic carbocycles. The molecular formula is C12H20N2O2. The lowest BCUT2D eigenvalue weighted by Gasteiger charge is -2.25. The molecule has 2 fully saturated rings. The minimum Gasteiger partial charge on any atom is -0.302 e. The lowest BCUT2D eigenvalue weighted by atomic mass is 9.96. The lowest BCUT2D eigenvalue weighted by Crippen LogP contribution is -2.45. The number of hydrogen-bond acceptors (Lipinski definition) is 3. The predicted octanol–water partition coefficient (Wildman–Crippen LogP) is 0.960. The molecule has 3 unspecified atom stereocenters. The number of imide groups is 1. The minimum atomic E-state index is -0.293. The molecule has 0 spiro atoms. The largest absolute Gasteiger partial charge is 0.302 e. The van der Waals surface area contributed by atoms with Crippen molar-refractivity contribution in [1.82, 2.24) is 10.6 Å². The second kappa shape index (κ2) is 4.95. The zero-order valence-corrected chi connectivity index (χ0v) is 9.79. The van der Waals surface area contributed by atoms with Crippen molar-refractivity contribution in [3.05, 3.63) is 0 Å². The smallest absolute Gasteiger partial charge is 0.244 e. The molecule has 0 radical (unpaired) electrons. The Morgan fingerprint density at radius 1 is 1.19 bits per heavy atom. The van der Waals surface area contributed by atoms with Crippen LogP contribution in [0.15, 0.2) is 0 Å². The number of rotatable bonds is 2. The second-order valence-electron chi connectivity index (χ2n) is 5.06. The van der Waals surface area contributed by atoms with E-state index in [9.17, 15) is 9.59 Å². The van der Waals surface area contributed by atoms with Crippen LogP contribution in [-0.4, -0.2) is 23.9 Å². The molecule has 1 aliphatic carbocycles. The lowest BCUT2D eigenvalue weighted by molar-refractivity contribution is -0.125. The van der Waals surface area contributed by atoms with E-state index in [1.165, 1.54) is 25.7 Å². The first-order valence-corrected chi connectivity index (χ1v) is 6.26. The Morgan fingerprint density at radius 2 is 1.94 bits per heavy atom. The maximum Gasteiger partial charge on any atom is 0.244 e. The van der Waals surface area contributed by atoms with Crippen LogP contribution in [0.3, 0.4) is 0 Å². The highest BCUT2D eigenvalue weighted by Gasteiger charge is 2.33. The summed E-state index contributed by atoms with van der Waals surface area (Å²) in [6.45, 7) is 2.23. The van der Waals surface area contributed by atoms with E-state index < -0.39 is 0 Å². The quantitative estimate of drug-likeness (QED) is 0.542. The molecule has 0 aromatic rings. The standard InChI is InChI=1S/C12H20N2O2/c1-8-5-3-2-4-6-9(8)13-10-7-11(15)14-12(10)16/h8-10,13H,2-7H2,1H3,(H,14,15,16). The Hall–Kier alpha value is -0.900. The average Bonchev–Trinajstić information content (AvgIpc) is 2.43. The van der Waals surface area contributed by atoms with Crippen molar-refractivity contribution >= 4 is 11.8 Å². The Bertz CT molecular complexity index is 291. The predicted molar refractivity (Wildman–Crippen MR) is 60.7 cm³/mol. The van der Waals surface area contributed by atoms with E-state index in [2.05, 4.69) is 17.6 Å². The molecule has 4 heteroatoms. The Balaban J connectivity index is 1.92. The van der Waals surface area contributed by atoms with Crippen LogP contribution in [0.5, 0.6) is 0 Å². The molecule has 2 N–H and O–H groups in total. The van der Waals surface area contributed by atoms with Gasteiger partial charge in [0.05, 0.1) is 12.5 Å². The highest BCUT2D eigenvalue weighted by atomic mass is 16.2. The fourth-order valence-corrected chi connectivity index (χ4v) is 2.69. The molecule has 3 atom stereocenters. The summed E-state index contributed by atoms with van der Waals surface area (Å²) in [7, 11) is 0. The molecule has 1 heterocycles. The van der Waals surface area contributed by atoms with Gasteiger partial charge in [0.15, 0.2) is 0 Å². The Labute approximate surface area is 96.2 Å². The molecule has 16 heavy (non-hydrogen) atoms. The Kier molecular flexibility index (Phi) is 3.59. The molecule has 0 aromatic heterocycles. The molecule has 4 nitrogen and oxygen atoms in total. The molecule has 0 bridgehead atoms. The molecule has 2 rings (SSSR count). The molecule has 90 valence electrons. The van der Waals surface area contributed by atoms with Gasteiger partial charge in [0.1, 0.15) is 0 Å². The van der Waals surface area contributed by atoms with Crippen molar-refractivity contribution in [3.63, 3.8) is 0 Å². The SMILES string of the molecule is CC1CCCCCC1NC1CC(=O)NC1=O. The van der Waals surface area contributed by atoms with Crippen molar-refractivity contribution in [2.24, 2.45) is 5.92 Å². The van der Waals surface area contributed by atoms with Crippen LogP contribution in [0.25, 0.3) is 0 Å². The van der Waals surface area contributed by atoms with E-state index in [-0.39, 0.29) is 17.9 Å². The first kappa shape index (κ1) is 11.6. The number of amides is 2. The zero-order chi connectivity index (χ0) is 11.5. The van der Waals surface area contributed by atoms with Crippen LogP contribution in [0.4, 0.5) is 0 Å². The van der Waals surface area contributed by atoms with Crippen molar-refractivity contribution in [2.75, 3.05) is 0 Å². The van der Waals surface area contributed by atoms with Crippen LogP contribution in [0, 0.1) is 5.92 Å². The second-order valence-corrected chi connectivity index (χ2v) is 5.06. The van der Waals surface area contributed by atoms with Crippen molar-refractivity contribution in [2.45, 2.75) is 57.5 Å². The van der Waals surface area contributed by atoms with Gasteiger partial charge in [-0.15, -0.1) is 0 Å². The monoisotopic (exact) mass is 224 g/mol. The highest BCUT2D eigenvalue weighted by molar-refractivity contribution is 6.05. The summed E-state index contributed by atoms with van der Waals surface area (Å²) in [6, 6.07) is 0.0993. The summed E-state index contributed by atoms with van der Waals surface area (Å²) >= 11 is 0. The summed E-state index contributed by atoms with van der Waals surface area (Å²) in [4.78, 5) is 22.5. The fraction of sp³-hybridized carbons (Fsp3) is 0.833. The minimum absolute atomic E-state index is 0.149. The number of carbonyl (C=O) groups is 2. The fourth-order valence-electron chi connectivity index (χ4n) is 2.69. The zero-order valence-electron chi connectivity index (χ0n) is 9.79. The van der Waals surface area contributed by atoms with E-state index in [1.807, 2.05) is 0 Å². The maximum atomic E-state index is 11.5. The van der Waals surface area contributed by atoms with Gasteiger partial charge >= 0.3 is 0 Å². The van der Waals surface area contributed by atoms with Gasteiger partial charge in [0.25, 0.3) is 0 Å². The van der Waals surface area contributed by atoms with Crippen molar-refractivity contribution < 1.29 is 9.59 Å². The van der Waals surface area contributed by atoms with Gasteiger partial charge in [-0.25, -0.2) is 0 Å². The highest BCUT2D eigenvalue weighted by Crippen LogP contribution is 2.23. The average molecular weight is 224 g/mol. The molecule has 2 aliphatic rings. The van der Waals surface area contributed by atoms with Gasteiger partial charge in [-0.3, -0.25) is 14.9 Å². The third kappa shape index (κ3) is 2.61. The third-order valence-electron chi connectivity index (χ3n) is 3.75. The number of nitrogens with one attached hydrogen (secondary N) is 2. The van der Waals surface area contributed by atoms with Crippen LogP contribution >= 0.6 is 0 Å². The third-order valence-corrected chi connectivity index (χ3v) is 3.75. The van der Waals surface area contributed by atoms with E-state index in [0.717, 1.165) is 6.42 Å². The van der Waals surface area contributed by atoms with Crippen molar-refractivity contribution in [1.29, 1.82) is 0 Å². The molecule has 1 saturated carbocycles. The summed E-state index contributed by atoms with van der Waals surface area (Å²) < 4.78 is 0. The summed E-state index contributed by atoms with van der Waals surface area (Å²) in [5.74, 6) is 0.302. The van der Waals surface area contributed by atoms with Gasteiger partial charge in [-0.1, -0.05) is 26.2 Å². The van der Waals surface area contributed by atoms with E-state index >= 15 is 0 Å².